The van der Waals surface area contributed by atoms with Crippen molar-refractivity contribution in [2.75, 3.05) is 55.8 Å². The van der Waals surface area contributed by atoms with Crippen LogP contribution in [0.1, 0.15) is 26.2 Å². The van der Waals surface area contributed by atoms with Gasteiger partial charge in [-0.15, -0.1) is 0 Å². The third kappa shape index (κ3) is 4.52. The van der Waals surface area contributed by atoms with Crippen LogP contribution in [0.25, 0.3) is 0 Å². The molecule has 0 aromatic heterocycles. The van der Waals surface area contributed by atoms with Gasteiger partial charge in [-0.1, -0.05) is 0 Å². The van der Waals surface area contributed by atoms with Gasteiger partial charge in [0.1, 0.15) is 11.9 Å². The fraction of sp³-hybridized carbons (Fsp3) is 0.619. The van der Waals surface area contributed by atoms with Crippen LogP contribution < -0.4 is 15.1 Å². The van der Waals surface area contributed by atoms with E-state index in [2.05, 4.69) is 5.32 Å². The summed E-state index contributed by atoms with van der Waals surface area (Å²) in [5.74, 6) is -0.559. The number of amides is 2. The Morgan fingerprint density at radius 1 is 1.23 bits per heavy atom. The van der Waals surface area contributed by atoms with E-state index in [9.17, 15) is 14.0 Å². The first-order valence-electron chi connectivity index (χ1n) is 10.4. The Kier molecular flexibility index (Phi) is 6.10. The molecule has 3 saturated heterocycles. The van der Waals surface area contributed by atoms with Gasteiger partial charge in [0.2, 0.25) is 5.91 Å². The second kappa shape index (κ2) is 8.77. The zero-order valence-electron chi connectivity index (χ0n) is 17.2. The van der Waals surface area contributed by atoms with Crippen molar-refractivity contribution in [3.63, 3.8) is 0 Å². The first-order valence-corrected chi connectivity index (χ1v) is 10.4. The molecule has 0 bridgehead atoms. The van der Waals surface area contributed by atoms with Crippen LogP contribution in [-0.4, -0.2) is 69.7 Å². The predicted octanol–water partition coefficient (Wildman–Crippen LogP) is 2.06. The normalized spacial score (nSPS) is 23.9. The van der Waals surface area contributed by atoms with Crippen molar-refractivity contribution in [1.82, 2.24) is 5.32 Å². The Bertz CT molecular complexity index is 787. The van der Waals surface area contributed by atoms with Crippen molar-refractivity contribution in [3.8, 4) is 0 Å². The molecular weight excluding hydrogens is 393 g/mol. The highest BCUT2D eigenvalue weighted by Gasteiger charge is 2.37. The summed E-state index contributed by atoms with van der Waals surface area (Å²) >= 11 is 0. The number of halogens is 1. The molecule has 4 rings (SSSR count). The van der Waals surface area contributed by atoms with Crippen molar-refractivity contribution in [2.45, 2.75) is 37.9 Å². The molecule has 3 aliphatic heterocycles. The van der Waals surface area contributed by atoms with Gasteiger partial charge in [0.25, 0.3) is 0 Å². The maximum absolute atomic E-state index is 14.9. The second-order valence-corrected chi connectivity index (χ2v) is 8.07. The molecule has 3 fully saturated rings. The number of cyclic esters (lactones) is 1. The fourth-order valence-corrected chi connectivity index (χ4v) is 4.32. The lowest BCUT2D eigenvalue weighted by atomic mass is 9.88. The Morgan fingerprint density at radius 3 is 2.77 bits per heavy atom. The van der Waals surface area contributed by atoms with Crippen LogP contribution >= 0.6 is 0 Å². The second-order valence-electron chi connectivity index (χ2n) is 8.07. The van der Waals surface area contributed by atoms with Gasteiger partial charge >= 0.3 is 6.09 Å². The van der Waals surface area contributed by atoms with Crippen LogP contribution in [0.4, 0.5) is 20.6 Å². The molecular formula is C21H28FN3O5. The average molecular weight is 421 g/mol. The van der Waals surface area contributed by atoms with E-state index in [1.807, 2.05) is 4.90 Å². The molecule has 1 aromatic rings. The van der Waals surface area contributed by atoms with Crippen LogP contribution in [0.3, 0.4) is 0 Å². The quantitative estimate of drug-likeness (QED) is 0.802. The lowest BCUT2D eigenvalue weighted by Crippen LogP contribution is -2.46. The number of hydrogen-bond donors (Lipinski definition) is 1. The van der Waals surface area contributed by atoms with Crippen LogP contribution in [-0.2, 0) is 19.0 Å². The maximum atomic E-state index is 14.9. The van der Waals surface area contributed by atoms with E-state index in [-0.39, 0.29) is 30.4 Å². The number of piperidine rings is 1. The van der Waals surface area contributed by atoms with Gasteiger partial charge in [-0.05, 0) is 37.5 Å². The number of hydrogen-bond acceptors (Lipinski definition) is 6. The standard InChI is InChI=1S/C21H28FN3O5/c1-15(26)23-13-17-14-25(20(27)30-17)16-2-3-19(18(22)12-16)24-7-4-21(5-8-24)6-9-28-10-11-29-21/h2-3,12,17H,4-11,13-14H2,1H3,(H,23,26)/t17-/m0/s1. The molecule has 8 nitrogen and oxygen atoms in total. The van der Waals surface area contributed by atoms with E-state index >= 15 is 0 Å². The number of nitrogens with one attached hydrogen (secondary N) is 1. The van der Waals surface area contributed by atoms with E-state index in [1.54, 1.807) is 12.1 Å². The molecule has 0 unspecified atom stereocenters. The first kappa shape index (κ1) is 20.9. The van der Waals surface area contributed by atoms with Crippen LogP contribution in [0.2, 0.25) is 0 Å². The molecule has 164 valence electrons. The lowest BCUT2D eigenvalue weighted by molar-refractivity contribution is -0.119. The number of carbonyl (C=O) groups excluding carboxylic acids is 2. The van der Waals surface area contributed by atoms with Crippen molar-refractivity contribution in [2.24, 2.45) is 0 Å². The SMILES string of the molecule is CC(=O)NC[C@H]1CN(c2ccc(N3CCC4(CCOCCO4)CC3)c(F)c2)C(=O)O1. The van der Waals surface area contributed by atoms with Crippen LogP contribution in [0.5, 0.6) is 0 Å². The van der Waals surface area contributed by atoms with Gasteiger partial charge in [-0.2, -0.15) is 0 Å². The summed E-state index contributed by atoms with van der Waals surface area (Å²) in [6.45, 7) is 5.27. The number of ether oxygens (including phenoxy) is 3. The zero-order chi connectivity index (χ0) is 21.1. The van der Waals surface area contributed by atoms with Crippen LogP contribution in [0, 0.1) is 5.82 Å². The molecule has 9 heteroatoms. The molecule has 2 amide bonds. The fourth-order valence-electron chi connectivity index (χ4n) is 4.32. The maximum Gasteiger partial charge on any atom is 0.414 e. The predicted molar refractivity (Wildman–Crippen MR) is 108 cm³/mol. The third-order valence-electron chi connectivity index (χ3n) is 6.05. The number of carbonyl (C=O) groups is 2. The van der Waals surface area contributed by atoms with Crippen molar-refractivity contribution < 1.29 is 28.2 Å². The number of nitrogens with zero attached hydrogens (tertiary/aromatic N) is 2. The molecule has 1 atom stereocenters. The number of anilines is 2. The van der Waals surface area contributed by atoms with E-state index in [1.165, 1.54) is 17.9 Å². The topological polar surface area (TPSA) is 80.3 Å². The van der Waals surface area contributed by atoms with Crippen molar-refractivity contribution >= 4 is 23.4 Å². The summed E-state index contributed by atoms with van der Waals surface area (Å²) < 4.78 is 31.7. The molecule has 3 aliphatic rings. The van der Waals surface area contributed by atoms with Crippen LogP contribution in [0.15, 0.2) is 18.2 Å². The Balaban J connectivity index is 1.39. The Morgan fingerprint density at radius 2 is 2.03 bits per heavy atom. The number of benzene rings is 1. The third-order valence-corrected chi connectivity index (χ3v) is 6.05. The largest absolute Gasteiger partial charge is 0.442 e. The van der Waals surface area contributed by atoms with Crippen molar-refractivity contribution in [1.29, 1.82) is 0 Å². The monoisotopic (exact) mass is 421 g/mol. The molecule has 0 aliphatic carbocycles. The molecule has 1 N–H and O–H groups in total. The summed E-state index contributed by atoms with van der Waals surface area (Å²) in [5, 5.41) is 2.63. The molecule has 1 spiro atoms. The lowest BCUT2D eigenvalue weighted by Gasteiger charge is -2.41. The van der Waals surface area contributed by atoms with Gasteiger partial charge in [0.15, 0.2) is 0 Å². The highest BCUT2D eigenvalue weighted by molar-refractivity contribution is 5.90. The smallest absolute Gasteiger partial charge is 0.414 e. The highest BCUT2D eigenvalue weighted by atomic mass is 19.1. The van der Waals surface area contributed by atoms with Gasteiger partial charge in [-0.3, -0.25) is 9.69 Å². The first-order chi connectivity index (χ1) is 14.5. The summed E-state index contributed by atoms with van der Waals surface area (Å²) in [6, 6.07) is 4.83. The summed E-state index contributed by atoms with van der Waals surface area (Å²) in [5.41, 5.74) is 0.816. The summed E-state index contributed by atoms with van der Waals surface area (Å²) in [7, 11) is 0. The molecule has 30 heavy (non-hydrogen) atoms. The minimum absolute atomic E-state index is 0.161. The Hall–Kier alpha value is -2.39. The Labute approximate surface area is 175 Å². The average Bonchev–Trinajstić information content (AvgIpc) is 2.95. The van der Waals surface area contributed by atoms with E-state index in [0.29, 0.717) is 44.3 Å². The number of rotatable bonds is 4. The van der Waals surface area contributed by atoms with Gasteiger partial charge in [0, 0.05) is 26.6 Å². The molecule has 3 heterocycles. The summed E-state index contributed by atoms with van der Waals surface area (Å²) in [6.07, 6.45) is 1.55. The van der Waals surface area contributed by atoms with Gasteiger partial charge < -0.3 is 24.4 Å². The van der Waals surface area contributed by atoms with Gasteiger partial charge in [0.05, 0.1) is 43.3 Å². The summed E-state index contributed by atoms with van der Waals surface area (Å²) in [4.78, 5) is 26.6. The van der Waals surface area contributed by atoms with Gasteiger partial charge in [-0.25, -0.2) is 9.18 Å². The molecule has 1 aromatic carbocycles. The zero-order valence-corrected chi connectivity index (χ0v) is 17.2. The minimum atomic E-state index is -0.537. The van der Waals surface area contributed by atoms with E-state index in [0.717, 1.165) is 19.3 Å². The highest BCUT2D eigenvalue weighted by Crippen LogP contribution is 2.35. The molecule has 0 saturated carbocycles. The van der Waals surface area contributed by atoms with E-state index in [4.69, 9.17) is 14.2 Å². The van der Waals surface area contributed by atoms with Crippen molar-refractivity contribution in [3.05, 3.63) is 24.0 Å². The molecule has 0 radical (unpaired) electrons. The minimum Gasteiger partial charge on any atom is -0.442 e. The van der Waals surface area contributed by atoms with E-state index < -0.39 is 12.2 Å².